The average Bonchev–Trinajstić information content (AvgIpc) is 2.84. The first-order valence-electron chi connectivity index (χ1n) is 6.60. The summed E-state index contributed by atoms with van der Waals surface area (Å²) in [5.41, 5.74) is -0.215. The number of hydrogen-bond donors (Lipinski definition) is 2. The number of nitrogens with one attached hydrogen (secondary N) is 2. The van der Waals surface area contributed by atoms with Gasteiger partial charge in [0.2, 0.25) is 0 Å². The van der Waals surface area contributed by atoms with Crippen LogP contribution in [0.5, 0.6) is 0 Å². The molecule has 0 aliphatic heterocycles. The Bertz CT molecular complexity index is 538. The quantitative estimate of drug-likeness (QED) is 0.649. The Labute approximate surface area is 116 Å². The van der Waals surface area contributed by atoms with Crippen LogP contribution in [0.15, 0.2) is 12.3 Å². The zero-order valence-electron chi connectivity index (χ0n) is 11.6. The van der Waals surface area contributed by atoms with Crippen LogP contribution in [0.25, 0.3) is 0 Å². The van der Waals surface area contributed by atoms with Gasteiger partial charge in [0.05, 0.1) is 10.5 Å². The third-order valence-corrected chi connectivity index (χ3v) is 3.69. The number of aromatic nitrogens is 1. The minimum Gasteiger partial charge on any atom is -0.372 e. The van der Waals surface area contributed by atoms with Crippen LogP contribution in [0.4, 0.5) is 11.5 Å². The summed E-state index contributed by atoms with van der Waals surface area (Å²) >= 11 is 0. The van der Waals surface area contributed by atoms with Gasteiger partial charge in [-0.3, -0.25) is 14.9 Å². The first kappa shape index (κ1) is 14.2. The summed E-state index contributed by atoms with van der Waals surface area (Å²) < 4.78 is 0. The lowest BCUT2D eigenvalue weighted by molar-refractivity contribution is -0.385. The third kappa shape index (κ3) is 2.87. The lowest BCUT2D eigenvalue weighted by atomic mass is 10.00. The maximum Gasteiger partial charge on any atom is 0.288 e. The summed E-state index contributed by atoms with van der Waals surface area (Å²) in [6.07, 6.45) is 5.16. The SMILES string of the molecule is CNc1ncc([N+](=O)[O-])cc1C(=O)NC1(C)CCCC1. The van der Waals surface area contributed by atoms with Gasteiger partial charge in [-0.25, -0.2) is 4.98 Å². The number of nitro groups is 1. The van der Waals surface area contributed by atoms with Crippen molar-refractivity contribution in [1.82, 2.24) is 10.3 Å². The molecule has 7 heteroatoms. The highest BCUT2D eigenvalue weighted by atomic mass is 16.6. The van der Waals surface area contributed by atoms with Crippen LogP contribution in [0.2, 0.25) is 0 Å². The number of amides is 1. The lowest BCUT2D eigenvalue weighted by Gasteiger charge is -2.25. The molecule has 0 unspecified atom stereocenters. The summed E-state index contributed by atoms with van der Waals surface area (Å²) in [6.45, 7) is 2.00. The standard InChI is InChI=1S/C13H18N4O3/c1-13(5-3-4-6-13)16-12(18)10-7-9(17(19)20)8-15-11(10)14-2/h7-8H,3-6H2,1-2H3,(H,14,15)(H,16,18). The van der Waals surface area contributed by atoms with E-state index in [4.69, 9.17) is 0 Å². The molecule has 20 heavy (non-hydrogen) atoms. The van der Waals surface area contributed by atoms with Gasteiger partial charge in [0.25, 0.3) is 11.6 Å². The largest absolute Gasteiger partial charge is 0.372 e. The van der Waals surface area contributed by atoms with Crippen molar-refractivity contribution >= 4 is 17.4 Å². The average molecular weight is 278 g/mol. The van der Waals surface area contributed by atoms with Gasteiger partial charge in [-0.15, -0.1) is 0 Å². The van der Waals surface area contributed by atoms with Crippen molar-refractivity contribution in [3.8, 4) is 0 Å². The van der Waals surface area contributed by atoms with E-state index in [0.29, 0.717) is 5.82 Å². The summed E-state index contributed by atoms with van der Waals surface area (Å²) in [4.78, 5) is 26.5. The number of pyridine rings is 1. The molecule has 0 aromatic carbocycles. The fourth-order valence-electron chi connectivity index (χ4n) is 2.55. The first-order valence-corrected chi connectivity index (χ1v) is 6.60. The molecule has 7 nitrogen and oxygen atoms in total. The Balaban J connectivity index is 2.27. The normalized spacial score (nSPS) is 16.7. The molecule has 1 fully saturated rings. The maximum atomic E-state index is 12.3. The number of carbonyl (C=O) groups excluding carboxylic acids is 1. The van der Waals surface area contributed by atoms with Crippen LogP contribution >= 0.6 is 0 Å². The van der Waals surface area contributed by atoms with E-state index < -0.39 is 4.92 Å². The molecule has 1 aliphatic carbocycles. The molecule has 0 atom stereocenters. The van der Waals surface area contributed by atoms with Gasteiger partial charge >= 0.3 is 0 Å². The number of hydrogen-bond acceptors (Lipinski definition) is 5. The molecule has 1 aromatic heterocycles. The van der Waals surface area contributed by atoms with Gasteiger partial charge in [-0.05, 0) is 19.8 Å². The number of carbonyl (C=O) groups is 1. The zero-order valence-corrected chi connectivity index (χ0v) is 11.6. The van der Waals surface area contributed by atoms with E-state index in [0.717, 1.165) is 31.9 Å². The van der Waals surface area contributed by atoms with Crippen molar-refractivity contribution in [3.05, 3.63) is 27.9 Å². The molecule has 1 amide bonds. The third-order valence-electron chi connectivity index (χ3n) is 3.69. The Kier molecular flexibility index (Phi) is 3.87. The number of nitrogens with zero attached hydrogens (tertiary/aromatic N) is 2. The summed E-state index contributed by atoms with van der Waals surface area (Å²) in [7, 11) is 1.63. The van der Waals surface area contributed by atoms with Crippen molar-refractivity contribution < 1.29 is 9.72 Å². The van der Waals surface area contributed by atoms with Crippen molar-refractivity contribution in [2.45, 2.75) is 38.1 Å². The lowest BCUT2D eigenvalue weighted by Crippen LogP contribution is -2.43. The topological polar surface area (TPSA) is 97.2 Å². The molecular weight excluding hydrogens is 260 g/mol. The van der Waals surface area contributed by atoms with E-state index in [1.165, 1.54) is 6.07 Å². The predicted octanol–water partition coefficient (Wildman–Crippen LogP) is 2.09. The highest BCUT2D eigenvalue weighted by Gasteiger charge is 2.31. The number of rotatable bonds is 4. The second-order valence-electron chi connectivity index (χ2n) is 5.32. The minimum atomic E-state index is -0.555. The fraction of sp³-hybridized carbons (Fsp3) is 0.538. The van der Waals surface area contributed by atoms with E-state index in [-0.39, 0.29) is 22.7 Å². The number of anilines is 1. The second kappa shape index (κ2) is 5.44. The molecule has 0 spiro atoms. The van der Waals surface area contributed by atoms with Crippen molar-refractivity contribution in [2.24, 2.45) is 0 Å². The van der Waals surface area contributed by atoms with Gasteiger partial charge in [0.15, 0.2) is 0 Å². The Morgan fingerprint density at radius 3 is 2.65 bits per heavy atom. The maximum absolute atomic E-state index is 12.3. The van der Waals surface area contributed by atoms with Crippen LogP contribution in [0.1, 0.15) is 43.0 Å². The van der Waals surface area contributed by atoms with Gasteiger partial charge in [0, 0.05) is 18.7 Å². The van der Waals surface area contributed by atoms with Gasteiger partial charge in [0.1, 0.15) is 12.0 Å². The highest BCUT2D eigenvalue weighted by molar-refractivity contribution is 5.99. The van der Waals surface area contributed by atoms with E-state index >= 15 is 0 Å². The van der Waals surface area contributed by atoms with E-state index in [1.807, 2.05) is 6.92 Å². The molecule has 2 N–H and O–H groups in total. The smallest absolute Gasteiger partial charge is 0.288 e. The van der Waals surface area contributed by atoms with Gasteiger partial charge in [-0.1, -0.05) is 12.8 Å². The molecule has 1 aliphatic rings. The Morgan fingerprint density at radius 1 is 1.45 bits per heavy atom. The second-order valence-corrected chi connectivity index (χ2v) is 5.32. The zero-order chi connectivity index (χ0) is 14.8. The van der Waals surface area contributed by atoms with Crippen LogP contribution in [0, 0.1) is 10.1 Å². The van der Waals surface area contributed by atoms with Crippen LogP contribution in [-0.2, 0) is 0 Å². The van der Waals surface area contributed by atoms with E-state index in [1.54, 1.807) is 7.05 Å². The Hall–Kier alpha value is -2.18. The van der Waals surface area contributed by atoms with Gasteiger partial charge < -0.3 is 10.6 Å². The van der Waals surface area contributed by atoms with Crippen LogP contribution < -0.4 is 10.6 Å². The van der Waals surface area contributed by atoms with Gasteiger partial charge in [-0.2, -0.15) is 0 Å². The predicted molar refractivity (Wildman–Crippen MR) is 74.8 cm³/mol. The highest BCUT2D eigenvalue weighted by Crippen LogP contribution is 2.30. The fourth-order valence-corrected chi connectivity index (χ4v) is 2.55. The first-order chi connectivity index (χ1) is 9.45. The molecular formula is C13H18N4O3. The summed E-state index contributed by atoms with van der Waals surface area (Å²) in [5, 5.41) is 16.6. The minimum absolute atomic E-state index is 0.189. The monoisotopic (exact) mass is 278 g/mol. The molecule has 0 radical (unpaired) electrons. The summed E-state index contributed by atoms with van der Waals surface area (Å²) in [5.74, 6) is 0.0182. The molecule has 108 valence electrons. The molecule has 1 saturated carbocycles. The van der Waals surface area contributed by atoms with E-state index in [9.17, 15) is 14.9 Å². The molecule has 0 bridgehead atoms. The van der Waals surface area contributed by atoms with Crippen molar-refractivity contribution in [3.63, 3.8) is 0 Å². The Morgan fingerprint density at radius 2 is 2.10 bits per heavy atom. The van der Waals surface area contributed by atoms with Crippen LogP contribution in [-0.4, -0.2) is 28.4 Å². The van der Waals surface area contributed by atoms with Crippen molar-refractivity contribution in [2.75, 3.05) is 12.4 Å². The molecule has 1 aromatic rings. The molecule has 1 heterocycles. The summed E-state index contributed by atoms with van der Waals surface area (Å²) in [6, 6.07) is 1.26. The molecule has 2 rings (SSSR count). The van der Waals surface area contributed by atoms with E-state index in [2.05, 4.69) is 15.6 Å². The molecule has 0 saturated heterocycles. The van der Waals surface area contributed by atoms with Crippen LogP contribution in [0.3, 0.4) is 0 Å². The van der Waals surface area contributed by atoms with Crippen molar-refractivity contribution in [1.29, 1.82) is 0 Å².